The molecule has 1 aliphatic carbocycles. The van der Waals surface area contributed by atoms with E-state index in [2.05, 4.69) is 9.97 Å². The first kappa shape index (κ1) is 10.9. The van der Waals surface area contributed by atoms with Crippen molar-refractivity contribution in [1.29, 1.82) is 0 Å². The molecule has 1 aliphatic rings. The standard InChI is InChI=1S/C11H14N2O3/c1-16-9-6-8(11(14)15)12-10(13-9)7-4-2-3-5-7/h6-7H,2-5H2,1H3,(H,14,15). The Kier molecular flexibility index (Phi) is 3.03. The molecule has 1 heterocycles. The minimum absolute atomic E-state index is 0.00810. The molecule has 0 aromatic carbocycles. The van der Waals surface area contributed by atoms with Crippen LogP contribution in [0.2, 0.25) is 0 Å². The number of aromatic carboxylic acids is 1. The van der Waals surface area contributed by atoms with Crippen LogP contribution in [0.25, 0.3) is 0 Å². The summed E-state index contributed by atoms with van der Waals surface area (Å²) in [5, 5.41) is 8.93. The Morgan fingerprint density at radius 2 is 2.12 bits per heavy atom. The number of nitrogens with zero attached hydrogens (tertiary/aromatic N) is 2. The normalized spacial score (nSPS) is 16.3. The third kappa shape index (κ3) is 2.13. The zero-order valence-electron chi connectivity index (χ0n) is 9.14. The van der Waals surface area contributed by atoms with E-state index >= 15 is 0 Å². The molecule has 5 nitrogen and oxygen atoms in total. The number of hydrogen-bond acceptors (Lipinski definition) is 4. The average Bonchev–Trinajstić information content (AvgIpc) is 2.81. The van der Waals surface area contributed by atoms with E-state index in [9.17, 15) is 4.79 Å². The van der Waals surface area contributed by atoms with Crippen LogP contribution >= 0.6 is 0 Å². The van der Waals surface area contributed by atoms with E-state index in [-0.39, 0.29) is 11.6 Å². The summed E-state index contributed by atoms with van der Waals surface area (Å²) >= 11 is 0. The van der Waals surface area contributed by atoms with Crippen LogP contribution in [-0.4, -0.2) is 28.2 Å². The lowest BCUT2D eigenvalue weighted by Gasteiger charge is -2.09. The highest BCUT2D eigenvalue weighted by Gasteiger charge is 2.22. The highest BCUT2D eigenvalue weighted by Crippen LogP contribution is 2.32. The number of carboxylic acids is 1. The molecule has 0 unspecified atom stereocenters. The minimum atomic E-state index is -1.04. The summed E-state index contributed by atoms with van der Waals surface area (Å²) in [4.78, 5) is 19.2. The second kappa shape index (κ2) is 4.47. The molecule has 5 heteroatoms. The van der Waals surface area contributed by atoms with Crippen LogP contribution in [0.5, 0.6) is 5.88 Å². The zero-order valence-corrected chi connectivity index (χ0v) is 9.14. The van der Waals surface area contributed by atoms with E-state index in [1.165, 1.54) is 13.2 Å². The van der Waals surface area contributed by atoms with Gasteiger partial charge in [0.25, 0.3) is 0 Å². The molecule has 0 spiro atoms. The molecule has 0 radical (unpaired) electrons. The fourth-order valence-electron chi connectivity index (χ4n) is 2.02. The van der Waals surface area contributed by atoms with E-state index in [0.717, 1.165) is 25.7 Å². The maximum absolute atomic E-state index is 10.9. The number of carbonyl (C=O) groups is 1. The predicted octanol–water partition coefficient (Wildman–Crippen LogP) is 1.84. The van der Waals surface area contributed by atoms with Crippen LogP contribution in [0, 0.1) is 0 Å². The lowest BCUT2D eigenvalue weighted by atomic mass is 10.1. The summed E-state index contributed by atoms with van der Waals surface area (Å²) in [6.45, 7) is 0. The monoisotopic (exact) mass is 222 g/mol. The van der Waals surface area contributed by atoms with Gasteiger partial charge in [0.1, 0.15) is 5.82 Å². The second-order valence-corrected chi connectivity index (χ2v) is 3.94. The molecule has 1 aromatic heterocycles. The highest BCUT2D eigenvalue weighted by molar-refractivity contribution is 5.85. The third-order valence-electron chi connectivity index (χ3n) is 2.87. The molecule has 1 saturated carbocycles. The number of methoxy groups -OCH3 is 1. The molecule has 0 saturated heterocycles. The Bertz CT molecular complexity index is 400. The second-order valence-electron chi connectivity index (χ2n) is 3.94. The Morgan fingerprint density at radius 3 is 2.69 bits per heavy atom. The summed E-state index contributed by atoms with van der Waals surface area (Å²) in [5.41, 5.74) is 0.00810. The van der Waals surface area contributed by atoms with Gasteiger partial charge in [-0.25, -0.2) is 9.78 Å². The minimum Gasteiger partial charge on any atom is -0.481 e. The molecule has 86 valence electrons. The van der Waals surface area contributed by atoms with Gasteiger partial charge in [-0.1, -0.05) is 12.8 Å². The lowest BCUT2D eigenvalue weighted by Crippen LogP contribution is -2.09. The van der Waals surface area contributed by atoms with Gasteiger partial charge in [-0.3, -0.25) is 0 Å². The third-order valence-corrected chi connectivity index (χ3v) is 2.87. The Hall–Kier alpha value is -1.65. The maximum Gasteiger partial charge on any atom is 0.354 e. The molecular weight excluding hydrogens is 208 g/mol. The fraction of sp³-hybridized carbons (Fsp3) is 0.545. The molecule has 0 bridgehead atoms. The molecule has 16 heavy (non-hydrogen) atoms. The van der Waals surface area contributed by atoms with Gasteiger partial charge >= 0.3 is 5.97 Å². The Balaban J connectivity index is 2.35. The van der Waals surface area contributed by atoms with Gasteiger partial charge in [-0.15, -0.1) is 0 Å². The first-order valence-electron chi connectivity index (χ1n) is 5.37. The maximum atomic E-state index is 10.9. The van der Waals surface area contributed by atoms with Gasteiger partial charge in [0.15, 0.2) is 5.69 Å². The Morgan fingerprint density at radius 1 is 1.44 bits per heavy atom. The van der Waals surface area contributed by atoms with Crippen LogP contribution in [0.3, 0.4) is 0 Å². The van der Waals surface area contributed by atoms with Crippen LogP contribution in [0.1, 0.15) is 47.9 Å². The Labute approximate surface area is 93.5 Å². The summed E-state index contributed by atoms with van der Waals surface area (Å²) in [7, 11) is 1.48. The van der Waals surface area contributed by atoms with Crippen molar-refractivity contribution in [3.8, 4) is 5.88 Å². The number of hydrogen-bond donors (Lipinski definition) is 1. The topological polar surface area (TPSA) is 72.3 Å². The van der Waals surface area contributed by atoms with Gasteiger partial charge < -0.3 is 9.84 Å². The summed E-state index contributed by atoms with van der Waals surface area (Å²) in [5.74, 6) is 0.177. The SMILES string of the molecule is COc1cc(C(=O)O)nc(C2CCCC2)n1. The molecule has 1 N–H and O–H groups in total. The predicted molar refractivity (Wildman–Crippen MR) is 56.8 cm³/mol. The van der Waals surface area contributed by atoms with Crippen molar-refractivity contribution in [1.82, 2.24) is 9.97 Å². The van der Waals surface area contributed by atoms with E-state index in [1.807, 2.05) is 0 Å². The van der Waals surface area contributed by atoms with Gasteiger partial charge in [0.05, 0.1) is 7.11 Å². The van der Waals surface area contributed by atoms with Gasteiger partial charge in [-0.05, 0) is 12.8 Å². The molecule has 0 aliphatic heterocycles. The first-order valence-corrected chi connectivity index (χ1v) is 5.37. The van der Waals surface area contributed by atoms with Gasteiger partial charge in [0, 0.05) is 12.0 Å². The van der Waals surface area contributed by atoms with Crippen molar-refractivity contribution in [2.45, 2.75) is 31.6 Å². The van der Waals surface area contributed by atoms with Crippen molar-refractivity contribution in [3.05, 3.63) is 17.6 Å². The molecule has 1 fully saturated rings. The molecule has 0 amide bonds. The average molecular weight is 222 g/mol. The smallest absolute Gasteiger partial charge is 0.354 e. The van der Waals surface area contributed by atoms with Gasteiger partial charge in [0.2, 0.25) is 5.88 Å². The van der Waals surface area contributed by atoms with Crippen LogP contribution in [-0.2, 0) is 0 Å². The molecular formula is C11H14N2O3. The van der Waals surface area contributed by atoms with Crippen molar-refractivity contribution in [2.75, 3.05) is 7.11 Å². The fourth-order valence-corrected chi connectivity index (χ4v) is 2.02. The first-order chi connectivity index (χ1) is 7.70. The summed E-state index contributed by atoms with van der Waals surface area (Å²) in [6.07, 6.45) is 4.39. The molecule has 2 rings (SSSR count). The number of rotatable bonds is 3. The van der Waals surface area contributed by atoms with Crippen LogP contribution < -0.4 is 4.74 Å². The van der Waals surface area contributed by atoms with Gasteiger partial charge in [-0.2, -0.15) is 4.98 Å². The molecule has 0 atom stereocenters. The van der Waals surface area contributed by atoms with Crippen molar-refractivity contribution in [2.24, 2.45) is 0 Å². The number of carboxylic acid groups (broad SMARTS) is 1. The van der Waals surface area contributed by atoms with Crippen LogP contribution in [0.4, 0.5) is 0 Å². The van der Waals surface area contributed by atoms with E-state index < -0.39 is 5.97 Å². The van der Waals surface area contributed by atoms with Crippen LogP contribution in [0.15, 0.2) is 6.07 Å². The van der Waals surface area contributed by atoms with Crippen molar-refractivity contribution < 1.29 is 14.6 Å². The van der Waals surface area contributed by atoms with E-state index in [0.29, 0.717) is 11.7 Å². The largest absolute Gasteiger partial charge is 0.481 e. The van der Waals surface area contributed by atoms with E-state index in [4.69, 9.17) is 9.84 Å². The zero-order chi connectivity index (χ0) is 11.5. The van der Waals surface area contributed by atoms with Crippen molar-refractivity contribution >= 4 is 5.97 Å². The quantitative estimate of drug-likeness (QED) is 0.844. The van der Waals surface area contributed by atoms with Crippen molar-refractivity contribution in [3.63, 3.8) is 0 Å². The molecule has 1 aromatic rings. The highest BCUT2D eigenvalue weighted by atomic mass is 16.5. The lowest BCUT2D eigenvalue weighted by molar-refractivity contribution is 0.0689. The summed E-state index contributed by atoms with van der Waals surface area (Å²) < 4.78 is 4.99. The van der Waals surface area contributed by atoms with E-state index in [1.54, 1.807) is 0 Å². The number of ether oxygens (including phenoxy) is 1. The summed E-state index contributed by atoms with van der Waals surface area (Å²) in [6, 6.07) is 1.35. The number of aromatic nitrogens is 2.